The molecule has 0 atom stereocenters. The maximum Gasteiger partial charge on any atom is 0.135 e. The highest BCUT2D eigenvalue weighted by Crippen LogP contribution is 2.41. The molecule has 2 nitrogen and oxygen atoms in total. The lowest BCUT2D eigenvalue weighted by Crippen LogP contribution is -2.09. The van der Waals surface area contributed by atoms with E-state index in [1.54, 1.807) is 0 Å². The van der Waals surface area contributed by atoms with Crippen LogP contribution in [0.25, 0.3) is 110 Å². The van der Waals surface area contributed by atoms with Gasteiger partial charge in [-0.2, -0.15) is 0 Å². The van der Waals surface area contributed by atoms with E-state index in [1.807, 2.05) is 12.1 Å². The van der Waals surface area contributed by atoms with E-state index in [1.165, 1.54) is 76.8 Å². The molecule has 0 bridgehead atoms. The van der Waals surface area contributed by atoms with Crippen LogP contribution in [0.4, 0.5) is 17.1 Å². The summed E-state index contributed by atoms with van der Waals surface area (Å²) in [5, 5.41) is 10.0. The molecule has 13 aromatic rings. The summed E-state index contributed by atoms with van der Waals surface area (Å²) in [7, 11) is 0. The molecule has 0 unspecified atom stereocenters. The first-order valence-corrected chi connectivity index (χ1v) is 23.3. The molecule has 12 aromatic carbocycles. The second-order valence-corrected chi connectivity index (χ2v) is 17.7. The number of nitrogens with zero attached hydrogens (tertiary/aromatic N) is 1. The SMILES string of the molecule is c1ccc(-c2ccc(-c3ccc(N(c4ccc(-c5ccc(-c6ccc7c8ccccc8c8ccccc8c7c6)cc5)cc4)c4ccc(-c5ccc6oc7ccccc7c6c5)cc4)cc3)cc2)cc1. The third-order valence-corrected chi connectivity index (χ3v) is 13.7. The molecule has 0 radical (unpaired) electrons. The fourth-order valence-electron chi connectivity index (χ4n) is 10.2. The van der Waals surface area contributed by atoms with Crippen molar-refractivity contribution >= 4 is 71.3 Å². The average molecular weight is 866 g/mol. The Morgan fingerprint density at radius 3 is 0.956 bits per heavy atom. The number of rotatable bonds is 8. The van der Waals surface area contributed by atoms with Crippen molar-refractivity contribution in [2.45, 2.75) is 0 Å². The minimum Gasteiger partial charge on any atom is -0.456 e. The summed E-state index contributed by atoms with van der Waals surface area (Å²) in [5.74, 6) is 0. The van der Waals surface area contributed by atoms with Crippen molar-refractivity contribution in [3.05, 3.63) is 261 Å². The lowest BCUT2D eigenvalue weighted by atomic mass is 9.92. The van der Waals surface area contributed by atoms with E-state index in [9.17, 15) is 0 Å². The molecule has 0 N–H and O–H groups in total. The molecule has 318 valence electrons. The Morgan fingerprint density at radius 2 is 0.485 bits per heavy atom. The molecular weight excluding hydrogens is 823 g/mol. The molecule has 1 aromatic heterocycles. The number of anilines is 3. The first kappa shape index (κ1) is 39.4. The van der Waals surface area contributed by atoms with E-state index in [0.717, 1.165) is 50.1 Å². The molecule has 0 aliphatic carbocycles. The standard InChI is InChI=1S/C66H43NO/c1-2-10-44(11-3-1)45-18-20-46(21-19-45)48-26-34-54(35-27-48)67(56-38-30-51(31-39-56)53-33-41-66-64(43-53)62-16-8-9-17-65(62)68-66)55-36-28-49(29-37-55)47-22-24-50(25-23-47)52-32-40-61-59-14-5-4-12-57(59)58-13-6-7-15-60(58)63(61)42-52/h1-43H. The van der Waals surface area contributed by atoms with E-state index in [0.29, 0.717) is 0 Å². The predicted octanol–water partition coefficient (Wildman–Crippen LogP) is 18.9. The van der Waals surface area contributed by atoms with Gasteiger partial charge in [0.15, 0.2) is 0 Å². The van der Waals surface area contributed by atoms with Crippen molar-refractivity contribution in [3.8, 4) is 55.6 Å². The Balaban J connectivity index is 0.822. The molecule has 13 rings (SSSR count). The van der Waals surface area contributed by atoms with Crippen LogP contribution in [-0.4, -0.2) is 0 Å². The lowest BCUT2D eigenvalue weighted by molar-refractivity contribution is 0.669. The highest BCUT2D eigenvalue weighted by atomic mass is 16.3. The van der Waals surface area contributed by atoms with Crippen molar-refractivity contribution in [1.82, 2.24) is 0 Å². The summed E-state index contributed by atoms with van der Waals surface area (Å²) in [6, 6.07) is 94.4. The fourth-order valence-corrected chi connectivity index (χ4v) is 10.2. The van der Waals surface area contributed by atoms with Crippen LogP contribution >= 0.6 is 0 Å². The normalized spacial score (nSPS) is 11.5. The van der Waals surface area contributed by atoms with Gasteiger partial charge in [-0.05, 0) is 149 Å². The fraction of sp³-hybridized carbons (Fsp3) is 0. The summed E-state index contributed by atoms with van der Waals surface area (Å²) >= 11 is 0. The third-order valence-electron chi connectivity index (χ3n) is 13.7. The molecule has 68 heavy (non-hydrogen) atoms. The van der Waals surface area contributed by atoms with Crippen LogP contribution < -0.4 is 4.90 Å². The van der Waals surface area contributed by atoms with E-state index in [4.69, 9.17) is 4.42 Å². The van der Waals surface area contributed by atoms with Gasteiger partial charge in [-0.3, -0.25) is 0 Å². The van der Waals surface area contributed by atoms with Gasteiger partial charge in [0, 0.05) is 27.8 Å². The number of para-hydroxylation sites is 1. The third kappa shape index (κ3) is 6.99. The summed E-state index contributed by atoms with van der Waals surface area (Å²) in [5.41, 5.74) is 16.9. The minimum atomic E-state index is 0.903. The Labute approximate surface area is 395 Å². The first-order valence-electron chi connectivity index (χ1n) is 23.3. The van der Waals surface area contributed by atoms with Gasteiger partial charge in [-0.1, -0.05) is 200 Å². The number of fused-ring (bicyclic) bond motifs is 9. The van der Waals surface area contributed by atoms with E-state index in [-0.39, 0.29) is 0 Å². The average Bonchev–Trinajstić information content (AvgIpc) is 3.80. The van der Waals surface area contributed by atoms with Crippen molar-refractivity contribution in [2.24, 2.45) is 0 Å². The van der Waals surface area contributed by atoms with Gasteiger partial charge in [0.05, 0.1) is 0 Å². The monoisotopic (exact) mass is 865 g/mol. The Morgan fingerprint density at radius 1 is 0.191 bits per heavy atom. The zero-order chi connectivity index (χ0) is 45.0. The highest BCUT2D eigenvalue weighted by molar-refractivity contribution is 6.25. The first-order chi connectivity index (χ1) is 33.7. The minimum absolute atomic E-state index is 0.903. The second kappa shape index (κ2) is 16.5. The van der Waals surface area contributed by atoms with Crippen LogP contribution in [0.3, 0.4) is 0 Å². The van der Waals surface area contributed by atoms with Crippen LogP contribution in [0.1, 0.15) is 0 Å². The van der Waals surface area contributed by atoms with Crippen LogP contribution in [0.15, 0.2) is 265 Å². The van der Waals surface area contributed by atoms with Crippen LogP contribution in [0.5, 0.6) is 0 Å². The molecule has 0 amide bonds. The number of hydrogen-bond donors (Lipinski definition) is 0. The molecule has 0 fully saturated rings. The summed E-state index contributed by atoms with van der Waals surface area (Å²) in [6.07, 6.45) is 0. The zero-order valence-corrected chi connectivity index (χ0v) is 37.2. The molecule has 0 saturated carbocycles. The van der Waals surface area contributed by atoms with Crippen molar-refractivity contribution in [3.63, 3.8) is 0 Å². The van der Waals surface area contributed by atoms with Gasteiger partial charge < -0.3 is 9.32 Å². The van der Waals surface area contributed by atoms with Crippen molar-refractivity contribution in [1.29, 1.82) is 0 Å². The molecule has 0 spiro atoms. The molecular formula is C66H43NO. The van der Waals surface area contributed by atoms with Crippen molar-refractivity contribution < 1.29 is 4.42 Å². The van der Waals surface area contributed by atoms with Crippen LogP contribution in [0, 0.1) is 0 Å². The Hall–Kier alpha value is -8.98. The molecule has 1 heterocycles. The Bertz CT molecular complexity index is 3930. The quantitative estimate of drug-likeness (QED) is 0.142. The summed E-state index contributed by atoms with van der Waals surface area (Å²) in [4.78, 5) is 2.35. The predicted molar refractivity (Wildman–Crippen MR) is 288 cm³/mol. The topological polar surface area (TPSA) is 16.4 Å². The highest BCUT2D eigenvalue weighted by Gasteiger charge is 2.16. The van der Waals surface area contributed by atoms with E-state index < -0.39 is 0 Å². The second-order valence-electron chi connectivity index (χ2n) is 17.7. The number of furan rings is 1. The van der Waals surface area contributed by atoms with Crippen LogP contribution in [0.2, 0.25) is 0 Å². The van der Waals surface area contributed by atoms with Crippen molar-refractivity contribution in [2.75, 3.05) is 4.90 Å². The van der Waals surface area contributed by atoms with Gasteiger partial charge in [-0.25, -0.2) is 0 Å². The molecule has 0 saturated heterocycles. The van der Waals surface area contributed by atoms with Gasteiger partial charge in [0.1, 0.15) is 11.2 Å². The summed E-state index contributed by atoms with van der Waals surface area (Å²) < 4.78 is 6.14. The van der Waals surface area contributed by atoms with Gasteiger partial charge in [-0.15, -0.1) is 0 Å². The molecule has 2 heteroatoms. The van der Waals surface area contributed by atoms with E-state index in [2.05, 4.69) is 254 Å². The molecule has 0 aliphatic heterocycles. The van der Waals surface area contributed by atoms with E-state index >= 15 is 0 Å². The van der Waals surface area contributed by atoms with Gasteiger partial charge in [0.25, 0.3) is 0 Å². The number of benzene rings is 12. The zero-order valence-electron chi connectivity index (χ0n) is 37.2. The van der Waals surface area contributed by atoms with Gasteiger partial charge in [0.2, 0.25) is 0 Å². The summed E-state index contributed by atoms with van der Waals surface area (Å²) in [6.45, 7) is 0. The Kier molecular flexibility index (Phi) is 9.54. The van der Waals surface area contributed by atoms with Gasteiger partial charge >= 0.3 is 0 Å². The molecule has 0 aliphatic rings. The van der Waals surface area contributed by atoms with Crippen LogP contribution in [-0.2, 0) is 0 Å². The maximum absolute atomic E-state index is 6.14. The lowest BCUT2D eigenvalue weighted by Gasteiger charge is -2.26. The largest absolute Gasteiger partial charge is 0.456 e. The smallest absolute Gasteiger partial charge is 0.135 e. The maximum atomic E-state index is 6.14. The number of hydrogen-bond acceptors (Lipinski definition) is 2.